The van der Waals surface area contributed by atoms with E-state index in [-0.39, 0.29) is 23.7 Å². The first kappa shape index (κ1) is 15.4. The van der Waals surface area contributed by atoms with Crippen LogP contribution in [-0.4, -0.2) is 36.9 Å². The molecule has 0 radical (unpaired) electrons. The number of carbonyl (C=O) groups is 2. The maximum absolute atomic E-state index is 12.5. The minimum Gasteiger partial charge on any atom is -0.399 e. The quantitative estimate of drug-likeness (QED) is 0.825. The topological polar surface area (TPSA) is 75.4 Å². The second-order valence-electron chi connectivity index (χ2n) is 5.61. The van der Waals surface area contributed by atoms with Crippen molar-refractivity contribution in [3.05, 3.63) is 29.8 Å². The molecule has 1 atom stereocenters. The molecule has 1 fully saturated rings. The molecule has 2 amide bonds. The standard InChI is InChI=1S/C16H23N3O2/c1-11(13-4-3-5-14(17)10-13)16(21)19-8-6-12(7-9-19)15(20)18-2/h3-5,10-12H,6-9,17H2,1-2H3,(H,18,20). The highest BCUT2D eigenvalue weighted by Crippen LogP contribution is 2.24. The fraction of sp³-hybridized carbons (Fsp3) is 0.500. The average molecular weight is 289 g/mol. The van der Waals surface area contributed by atoms with E-state index in [1.54, 1.807) is 7.05 Å². The number of rotatable bonds is 3. The zero-order chi connectivity index (χ0) is 15.4. The van der Waals surface area contributed by atoms with Crippen molar-refractivity contribution in [3.63, 3.8) is 0 Å². The van der Waals surface area contributed by atoms with E-state index < -0.39 is 0 Å². The first-order chi connectivity index (χ1) is 10.0. The lowest BCUT2D eigenvalue weighted by molar-refractivity contribution is -0.136. The third-order valence-electron chi connectivity index (χ3n) is 4.20. The predicted molar refractivity (Wildman–Crippen MR) is 82.6 cm³/mol. The van der Waals surface area contributed by atoms with Crippen molar-refractivity contribution >= 4 is 17.5 Å². The molecule has 0 aliphatic carbocycles. The maximum Gasteiger partial charge on any atom is 0.229 e. The van der Waals surface area contributed by atoms with E-state index in [0.717, 1.165) is 18.4 Å². The van der Waals surface area contributed by atoms with Gasteiger partial charge in [-0.3, -0.25) is 9.59 Å². The number of likely N-dealkylation sites (tertiary alicyclic amines) is 1. The molecule has 1 aliphatic rings. The van der Waals surface area contributed by atoms with E-state index in [9.17, 15) is 9.59 Å². The van der Waals surface area contributed by atoms with Gasteiger partial charge < -0.3 is 16.0 Å². The van der Waals surface area contributed by atoms with E-state index in [1.165, 1.54) is 0 Å². The predicted octanol–water partition coefficient (Wildman–Crippen LogP) is 1.36. The summed E-state index contributed by atoms with van der Waals surface area (Å²) in [7, 11) is 1.65. The number of carbonyl (C=O) groups excluding carboxylic acids is 2. The summed E-state index contributed by atoms with van der Waals surface area (Å²) in [6.07, 6.45) is 1.46. The summed E-state index contributed by atoms with van der Waals surface area (Å²) in [5, 5.41) is 2.68. The van der Waals surface area contributed by atoms with Crippen LogP contribution in [0.3, 0.4) is 0 Å². The largest absolute Gasteiger partial charge is 0.399 e. The Hall–Kier alpha value is -2.04. The van der Waals surface area contributed by atoms with Crippen LogP contribution in [-0.2, 0) is 9.59 Å². The van der Waals surface area contributed by atoms with Gasteiger partial charge in [0.15, 0.2) is 0 Å². The number of nitrogens with one attached hydrogen (secondary N) is 1. The van der Waals surface area contributed by atoms with Crippen LogP contribution in [0.15, 0.2) is 24.3 Å². The summed E-state index contributed by atoms with van der Waals surface area (Å²) < 4.78 is 0. The van der Waals surface area contributed by atoms with Gasteiger partial charge in [-0.25, -0.2) is 0 Å². The maximum atomic E-state index is 12.5. The Labute approximate surface area is 125 Å². The van der Waals surface area contributed by atoms with Gasteiger partial charge in [0.1, 0.15) is 0 Å². The summed E-state index contributed by atoms with van der Waals surface area (Å²) in [6, 6.07) is 7.46. The number of hydrogen-bond donors (Lipinski definition) is 2. The molecule has 1 heterocycles. The Morgan fingerprint density at radius 1 is 1.33 bits per heavy atom. The molecule has 1 aliphatic heterocycles. The van der Waals surface area contributed by atoms with E-state index in [2.05, 4.69) is 5.32 Å². The van der Waals surface area contributed by atoms with Crippen LogP contribution < -0.4 is 11.1 Å². The molecular formula is C16H23N3O2. The van der Waals surface area contributed by atoms with Gasteiger partial charge in [0.05, 0.1) is 5.92 Å². The van der Waals surface area contributed by atoms with E-state index in [1.807, 2.05) is 36.1 Å². The van der Waals surface area contributed by atoms with Gasteiger partial charge in [-0.1, -0.05) is 12.1 Å². The molecule has 2 rings (SSSR count). The van der Waals surface area contributed by atoms with Crippen molar-refractivity contribution in [2.45, 2.75) is 25.7 Å². The van der Waals surface area contributed by atoms with E-state index >= 15 is 0 Å². The molecule has 1 saturated heterocycles. The number of nitrogen functional groups attached to an aromatic ring is 1. The first-order valence-corrected chi connectivity index (χ1v) is 7.38. The Bertz CT molecular complexity index is 522. The van der Waals surface area contributed by atoms with Gasteiger partial charge in [0, 0.05) is 31.7 Å². The van der Waals surface area contributed by atoms with Crippen LogP contribution in [0.2, 0.25) is 0 Å². The normalized spacial score (nSPS) is 17.3. The average Bonchev–Trinajstić information content (AvgIpc) is 2.53. The number of nitrogens with zero attached hydrogens (tertiary/aromatic N) is 1. The number of benzene rings is 1. The molecule has 0 spiro atoms. The minimum atomic E-state index is -0.204. The van der Waals surface area contributed by atoms with Crippen LogP contribution in [0, 0.1) is 5.92 Å². The molecule has 5 heteroatoms. The van der Waals surface area contributed by atoms with Crippen LogP contribution in [0.1, 0.15) is 31.2 Å². The van der Waals surface area contributed by atoms with Crippen LogP contribution >= 0.6 is 0 Å². The molecular weight excluding hydrogens is 266 g/mol. The lowest BCUT2D eigenvalue weighted by Crippen LogP contribution is -2.43. The fourth-order valence-electron chi connectivity index (χ4n) is 2.81. The monoisotopic (exact) mass is 289 g/mol. The highest BCUT2D eigenvalue weighted by atomic mass is 16.2. The number of piperidine rings is 1. The molecule has 0 aromatic heterocycles. The van der Waals surface area contributed by atoms with Crippen molar-refractivity contribution in [2.75, 3.05) is 25.9 Å². The van der Waals surface area contributed by atoms with Gasteiger partial charge in [0.25, 0.3) is 0 Å². The second kappa shape index (κ2) is 6.61. The Morgan fingerprint density at radius 2 is 2.00 bits per heavy atom. The summed E-state index contributed by atoms with van der Waals surface area (Å²) >= 11 is 0. The van der Waals surface area contributed by atoms with Crippen molar-refractivity contribution in [2.24, 2.45) is 5.92 Å². The van der Waals surface area contributed by atoms with Gasteiger partial charge >= 0.3 is 0 Å². The van der Waals surface area contributed by atoms with Crippen molar-refractivity contribution in [3.8, 4) is 0 Å². The minimum absolute atomic E-state index is 0.0294. The summed E-state index contributed by atoms with van der Waals surface area (Å²) in [6.45, 7) is 3.19. The summed E-state index contributed by atoms with van der Waals surface area (Å²) in [5.41, 5.74) is 7.38. The lowest BCUT2D eigenvalue weighted by Gasteiger charge is -2.33. The van der Waals surface area contributed by atoms with Gasteiger partial charge in [0.2, 0.25) is 11.8 Å². The number of nitrogens with two attached hydrogens (primary N) is 1. The van der Waals surface area contributed by atoms with Crippen LogP contribution in [0.4, 0.5) is 5.69 Å². The fourth-order valence-corrected chi connectivity index (χ4v) is 2.81. The second-order valence-corrected chi connectivity index (χ2v) is 5.61. The third kappa shape index (κ3) is 3.54. The zero-order valence-electron chi connectivity index (χ0n) is 12.6. The summed E-state index contributed by atoms with van der Waals surface area (Å²) in [5.74, 6) is 0.00807. The molecule has 3 N–H and O–H groups in total. The van der Waals surface area contributed by atoms with Crippen molar-refractivity contribution in [1.82, 2.24) is 10.2 Å². The molecule has 0 bridgehead atoms. The lowest BCUT2D eigenvalue weighted by atomic mass is 9.93. The molecule has 1 aromatic carbocycles. The van der Waals surface area contributed by atoms with Gasteiger partial charge in [-0.05, 0) is 37.5 Å². The van der Waals surface area contributed by atoms with Crippen molar-refractivity contribution < 1.29 is 9.59 Å². The van der Waals surface area contributed by atoms with Gasteiger partial charge in [-0.2, -0.15) is 0 Å². The molecule has 21 heavy (non-hydrogen) atoms. The molecule has 0 saturated carbocycles. The smallest absolute Gasteiger partial charge is 0.229 e. The molecule has 5 nitrogen and oxygen atoms in total. The molecule has 1 aromatic rings. The Balaban J connectivity index is 1.97. The number of hydrogen-bond acceptors (Lipinski definition) is 3. The first-order valence-electron chi connectivity index (χ1n) is 7.38. The number of anilines is 1. The Kier molecular flexibility index (Phi) is 4.83. The van der Waals surface area contributed by atoms with Crippen LogP contribution in [0.5, 0.6) is 0 Å². The molecule has 114 valence electrons. The highest BCUT2D eigenvalue weighted by molar-refractivity contribution is 5.84. The van der Waals surface area contributed by atoms with E-state index in [4.69, 9.17) is 5.73 Å². The zero-order valence-corrected chi connectivity index (χ0v) is 12.6. The van der Waals surface area contributed by atoms with Gasteiger partial charge in [-0.15, -0.1) is 0 Å². The highest BCUT2D eigenvalue weighted by Gasteiger charge is 2.29. The third-order valence-corrected chi connectivity index (χ3v) is 4.20. The molecule has 1 unspecified atom stereocenters. The Morgan fingerprint density at radius 3 is 2.57 bits per heavy atom. The van der Waals surface area contributed by atoms with E-state index in [0.29, 0.717) is 18.8 Å². The summed E-state index contributed by atoms with van der Waals surface area (Å²) in [4.78, 5) is 26.0. The SMILES string of the molecule is CNC(=O)C1CCN(C(=O)C(C)c2cccc(N)c2)CC1. The number of amides is 2. The van der Waals surface area contributed by atoms with Crippen molar-refractivity contribution in [1.29, 1.82) is 0 Å². The van der Waals surface area contributed by atoms with Crippen LogP contribution in [0.25, 0.3) is 0 Å².